The Morgan fingerprint density at radius 1 is 1.31 bits per heavy atom. The highest BCUT2D eigenvalue weighted by molar-refractivity contribution is 6.32. The number of amides is 2. The molecule has 138 valence electrons. The lowest BCUT2D eigenvalue weighted by atomic mass is 9.78. The lowest BCUT2D eigenvalue weighted by Gasteiger charge is -2.37. The maximum absolute atomic E-state index is 12.8. The summed E-state index contributed by atoms with van der Waals surface area (Å²) in [6, 6.07) is 3.76. The van der Waals surface area contributed by atoms with Crippen molar-refractivity contribution < 1.29 is 14.0 Å². The molecule has 0 saturated carbocycles. The van der Waals surface area contributed by atoms with Gasteiger partial charge in [-0.2, -0.15) is 0 Å². The number of piperidine rings is 1. The van der Waals surface area contributed by atoms with E-state index in [-0.39, 0.29) is 23.7 Å². The Kier molecular flexibility index (Phi) is 4.22. The van der Waals surface area contributed by atoms with Crippen LogP contribution in [-0.4, -0.2) is 48.3 Å². The predicted octanol–water partition coefficient (Wildman–Crippen LogP) is 3.41. The van der Waals surface area contributed by atoms with Gasteiger partial charge in [0.15, 0.2) is 0 Å². The van der Waals surface area contributed by atoms with E-state index < -0.39 is 0 Å². The summed E-state index contributed by atoms with van der Waals surface area (Å²) < 4.78 is 5.60. The Balaban J connectivity index is 1.51. The van der Waals surface area contributed by atoms with Crippen LogP contribution in [0.25, 0.3) is 11.0 Å². The molecule has 1 aromatic heterocycles. The number of hydrogen-bond donors (Lipinski definition) is 0. The fraction of sp³-hybridized carbons (Fsp3) is 0.500. The van der Waals surface area contributed by atoms with Crippen LogP contribution in [0.3, 0.4) is 0 Å². The minimum absolute atomic E-state index is 0.0438. The summed E-state index contributed by atoms with van der Waals surface area (Å²) in [4.78, 5) is 29.1. The van der Waals surface area contributed by atoms with Crippen molar-refractivity contribution in [3.63, 3.8) is 0 Å². The van der Waals surface area contributed by atoms with Crippen LogP contribution >= 0.6 is 11.6 Å². The maximum atomic E-state index is 12.8. The Morgan fingerprint density at radius 3 is 2.92 bits per heavy atom. The van der Waals surface area contributed by atoms with Gasteiger partial charge in [-0.05, 0) is 43.9 Å². The third kappa shape index (κ3) is 2.78. The lowest BCUT2D eigenvalue weighted by molar-refractivity contribution is -0.144. The number of fused-ring (bicyclic) bond motifs is 1. The first-order valence-electron chi connectivity index (χ1n) is 9.09. The van der Waals surface area contributed by atoms with E-state index in [0.717, 1.165) is 47.9 Å². The lowest BCUT2D eigenvalue weighted by Crippen LogP contribution is -2.48. The molecule has 2 saturated heterocycles. The molecule has 2 amide bonds. The van der Waals surface area contributed by atoms with Crippen LogP contribution in [0.2, 0.25) is 5.02 Å². The highest BCUT2D eigenvalue weighted by Crippen LogP contribution is 2.40. The Labute approximate surface area is 157 Å². The smallest absolute Gasteiger partial charge is 0.230 e. The largest absolute Gasteiger partial charge is 0.464 e. The molecule has 0 unspecified atom stereocenters. The zero-order valence-corrected chi connectivity index (χ0v) is 15.9. The number of hydrogen-bond acceptors (Lipinski definition) is 3. The van der Waals surface area contributed by atoms with Crippen LogP contribution in [0.1, 0.15) is 30.4 Å². The van der Waals surface area contributed by atoms with Crippen LogP contribution in [0.4, 0.5) is 0 Å². The van der Waals surface area contributed by atoms with Crippen LogP contribution in [0, 0.1) is 12.3 Å². The van der Waals surface area contributed by atoms with E-state index in [1.165, 1.54) is 0 Å². The van der Waals surface area contributed by atoms with Gasteiger partial charge in [0.25, 0.3) is 0 Å². The van der Waals surface area contributed by atoms with E-state index in [9.17, 15) is 9.59 Å². The molecule has 2 aliphatic heterocycles. The van der Waals surface area contributed by atoms with Gasteiger partial charge in [0.1, 0.15) is 5.58 Å². The number of carbonyl (C=O) groups is 2. The van der Waals surface area contributed by atoms with Gasteiger partial charge in [-0.1, -0.05) is 11.6 Å². The van der Waals surface area contributed by atoms with E-state index in [4.69, 9.17) is 16.0 Å². The third-order valence-electron chi connectivity index (χ3n) is 5.93. The molecular formula is C20H23ClN2O3. The molecule has 1 aromatic carbocycles. The first-order valence-corrected chi connectivity index (χ1v) is 9.47. The quantitative estimate of drug-likeness (QED) is 0.809. The third-order valence-corrected chi connectivity index (χ3v) is 6.34. The predicted molar refractivity (Wildman–Crippen MR) is 100 cm³/mol. The number of halogens is 1. The molecule has 26 heavy (non-hydrogen) atoms. The van der Waals surface area contributed by atoms with Gasteiger partial charge >= 0.3 is 0 Å². The van der Waals surface area contributed by atoms with Gasteiger partial charge in [0.2, 0.25) is 11.8 Å². The number of likely N-dealkylation sites (tertiary alicyclic amines) is 2. The molecule has 0 aliphatic carbocycles. The van der Waals surface area contributed by atoms with E-state index in [0.29, 0.717) is 18.1 Å². The highest BCUT2D eigenvalue weighted by atomic mass is 35.5. The second-order valence-electron chi connectivity index (χ2n) is 7.71. The fourth-order valence-corrected chi connectivity index (χ4v) is 4.51. The molecule has 5 nitrogen and oxygen atoms in total. The number of rotatable bonds is 2. The van der Waals surface area contributed by atoms with Crippen molar-refractivity contribution >= 4 is 34.4 Å². The molecule has 1 atom stereocenters. The summed E-state index contributed by atoms with van der Waals surface area (Å²) in [7, 11) is 1.86. The molecular weight excluding hydrogens is 352 g/mol. The molecule has 6 heteroatoms. The number of benzene rings is 1. The van der Waals surface area contributed by atoms with Gasteiger partial charge < -0.3 is 14.2 Å². The van der Waals surface area contributed by atoms with Crippen molar-refractivity contribution in [3.8, 4) is 0 Å². The van der Waals surface area contributed by atoms with Crippen molar-refractivity contribution in [1.82, 2.24) is 9.80 Å². The van der Waals surface area contributed by atoms with Crippen molar-refractivity contribution in [2.45, 2.75) is 32.6 Å². The molecule has 0 N–H and O–H groups in total. The Hall–Kier alpha value is -2.01. The average molecular weight is 375 g/mol. The first-order chi connectivity index (χ1) is 12.4. The monoisotopic (exact) mass is 374 g/mol. The summed E-state index contributed by atoms with van der Waals surface area (Å²) >= 11 is 6.23. The van der Waals surface area contributed by atoms with Crippen molar-refractivity contribution in [1.29, 1.82) is 0 Å². The number of nitrogens with zero attached hydrogens (tertiary/aromatic N) is 2. The second-order valence-corrected chi connectivity index (χ2v) is 8.12. The standard InChI is InChI=1S/C20H23ClN2O3/c1-13-8-17-15(10-16(13)21)14(11-26-17)9-18(24)23-7-5-20(12-23)4-3-6-22(2)19(20)25/h8,10-11H,3-7,9,12H2,1-2H3/t20-/m1/s1. The van der Waals surface area contributed by atoms with Crippen LogP contribution in [0.15, 0.2) is 22.8 Å². The second kappa shape index (κ2) is 6.31. The summed E-state index contributed by atoms with van der Waals surface area (Å²) in [6.45, 7) is 3.92. The summed E-state index contributed by atoms with van der Waals surface area (Å²) in [5.74, 6) is 0.234. The zero-order valence-electron chi connectivity index (χ0n) is 15.2. The van der Waals surface area contributed by atoms with Crippen molar-refractivity contribution in [2.24, 2.45) is 5.41 Å². The zero-order chi connectivity index (χ0) is 18.5. The van der Waals surface area contributed by atoms with Crippen molar-refractivity contribution in [2.75, 3.05) is 26.7 Å². The summed E-state index contributed by atoms with van der Waals surface area (Å²) in [5, 5.41) is 1.56. The average Bonchev–Trinajstić information content (AvgIpc) is 3.19. The van der Waals surface area contributed by atoms with Crippen LogP contribution in [0.5, 0.6) is 0 Å². The molecule has 4 rings (SSSR count). The SMILES string of the molecule is Cc1cc2occ(CC(=O)N3CC[C@]4(CCCN(C)C4=O)C3)c2cc1Cl. The first kappa shape index (κ1) is 17.4. The Morgan fingerprint density at radius 2 is 2.12 bits per heavy atom. The molecule has 2 aliphatic rings. The van der Waals surface area contributed by atoms with Gasteiger partial charge in [-0.15, -0.1) is 0 Å². The van der Waals surface area contributed by atoms with Gasteiger partial charge in [0, 0.05) is 42.7 Å². The molecule has 1 spiro atoms. The molecule has 2 aromatic rings. The normalized spacial score (nSPS) is 23.4. The Bertz CT molecular complexity index is 891. The topological polar surface area (TPSA) is 53.8 Å². The minimum atomic E-state index is -0.373. The summed E-state index contributed by atoms with van der Waals surface area (Å²) in [5.41, 5.74) is 2.17. The van der Waals surface area contributed by atoms with Gasteiger partial charge in [0.05, 0.1) is 18.1 Å². The summed E-state index contributed by atoms with van der Waals surface area (Å²) in [6.07, 6.45) is 4.56. The minimum Gasteiger partial charge on any atom is -0.464 e. The van der Waals surface area contributed by atoms with Crippen LogP contribution < -0.4 is 0 Å². The molecule has 3 heterocycles. The van der Waals surface area contributed by atoms with E-state index in [1.807, 2.05) is 35.9 Å². The van der Waals surface area contributed by atoms with E-state index in [1.54, 1.807) is 6.26 Å². The maximum Gasteiger partial charge on any atom is 0.230 e. The van der Waals surface area contributed by atoms with E-state index >= 15 is 0 Å². The van der Waals surface area contributed by atoms with Gasteiger partial charge in [-0.3, -0.25) is 9.59 Å². The van der Waals surface area contributed by atoms with Crippen LogP contribution in [-0.2, 0) is 16.0 Å². The van der Waals surface area contributed by atoms with Crippen molar-refractivity contribution in [3.05, 3.63) is 34.5 Å². The number of aryl methyl sites for hydroxylation is 1. The van der Waals surface area contributed by atoms with E-state index in [2.05, 4.69) is 0 Å². The molecule has 0 bridgehead atoms. The molecule has 0 radical (unpaired) electrons. The number of furan rings is 1. The number of carbonyl (C=O) groups excluding carboxylic acids is 2. The van der Waals surface area contributed by atoms with Gasteiger partial charge in [-0.25, -0.2) is 0 Å². The highest BCUT2D eigenvalue weighted by Gasteiger charge is 2.48. The molecule has 2 fully saturated rings. The fourth-order valence-electron chi connectivity index (χ4n) is 4.35.